The molecule has 1 aromatic rings. The highest BCUT2D eigenvalue weighted by Gasteiger charge is 3.00. The highest BCUT2D eigenvalue weighted by molar-refractivity contribution is 5.92. The third-order valence-corrected chi connectivity index (χ3v) is 10.9. The van der Waals surface area contributed by atoms with Crippen LogP contribution in [-0.4, -0.2) is 64.9 Å². The van der Waals surface area contributed by atoms with Crippen LogP contribution in [-0.2, 0) is 46.3 Å². The Hall–Kier alpha value is -2.26. The van der Waals surface area contributed by atoms with Gasteiger partial charge in [-0.3, -0.25) is 4.79 Å². The van der Waals surface area contributed by atoms with Crippen molar-refractivity contribution in [3.63, 3.8) is 0 Å². The van der Waals surface area contributed by atoms with Crippen LogP contribution in [0.2, 0.25) is 0 Å². The summed E-state index contributed by atoms with van der Waals surface area (Å²) in [6.45, 7) is 7.48. The molecule has 0 aromatic heterocycles. The summed E-state index contributed by atoms with van der Waals surface area (Å²) < 4.78 is 32.4. The average Bonchev–Trinajstić information content (AvgIpc) is 3.76. The first-order chi connectivity index (χ1) is 17.7. The number of ether oxygens (including phenoxy) is 5. The minimum absolute atomic E-state index is 0.00412. The second-order valence-electron chi connectivity index (χ2n) is 12.6. The fraction of sp³-hybridized carbons (Fsp3) is 0.655. The van der Waals surface area contributed by atoms with E-state index < -0.39 is 22.8 Å². The molecule has 0 amide bonds. The molecular weight excluding hydrogens is 476 g/mol. The number of carboxylic acid groups (broad SMARTS) is 1. The average molecular weight is 509 g/mol. The van der Waals surface area contributed by atoms with Gasteiger partial charge in [-0.15, -0.1) is 0 Å². The third kappa shape index (κ3) is 2.49. The molecule has 0 radical (unpaired) electrons. The molecule has 0 unspecified atom stereocenters. The normalized spacial score (nSPS) is 47.7. The highest BCUT2D eigenvalue weighted by atomic mass is 16.8. The summed E-state index contributed by atoms with van der Waals surface area (Å²) in [5, 5.41) is 9.07. The van der Waals surface area contributed by atoms with Crippen LogP contribution in [0.25, 0.3) is 0 Å². The summed E-state index contributed by atoms with van der Waals surface area (Å²) in [7, 11) is 0. The second kappa shape index (κ2) is 6.84. The quantitative estimate of drug-likeness (QED) is 0.461. The van der Waals surface area contributed by atoms with Gasteiger partial charge in [0.1, 0.15) is 36.1 Å². The van der Waals surface area contributed by atoms with Crippen molar-refractivity contribution in [3.05, 3.63) is 46.5 Å². The fourth-order valence-corrected chi connectivity index (χ4v) is 9.02. The Balaban J connectivity index is 1.14. The van der Waals surface area contributed by atoms with E-state index in [1.54, 1.807) is 0 Å². The van der Waals surface area contributed by atoms with Gasteiger partial charge in [0.2, 0.25) is 0 Å². The molecule has 9 atom stereocenters. The third-order valence-electron chi connectivity index (χ3n) is 10.9. The SMILES string of the molecule is CC(C)[C@]12O[C@H]1[C@@H]1O[C@]13[C@]1(O[C@H]1C[C@H]1C4=C(CC[C@@]13C)C(=O)OC4)[C@@H]2OCc1ccc(CC(=O)O)cc1. The summed E-state index contributed by atoms with van der Waals surface area (Å²) in [6, 6.07) is 7.58. The van der Waals surface area contributed by atoms with E-state index in [1.165, 1.54) is 0 Å². The Morgan fingerprint density at radius 1 is 1.14 bits per heavy atom. The number of rotatable bonds is 6. The summed E-state index contributed by atoms with van der Waals surface area (Å²) in [6.07, 6.45) is 2.08. The van der Waals surface area contributed by atoms with Crippen LogP contribution in [0.15, 0.2) is 35.4 Å². The largest absolute Gasteiger partial charge is 0.481 e. The molecule has 37 heavy (non-hydrogen) atoms. The van der Waals surface area contributed by atoms with Crippen LogP contribution in [0.3, 0.4) is 0 Å². The van der Waals surface area contributed by atoms with Gasteiger partial charge in [-0.1, -0.05) is 45.0 Å². The van der Waals surface area contributed by atoms with Crippen molar-refractivity contribution < 1.29 is 38.4 Å². The molecule has 5 fully saturated rings. The number of carbonyl (C=O) groups excluding carboxylic acids is 1. The predicted octanol–water partition coefficient (Wildman–Crippen LogP) is 2.95. The number of aliphatic carboxylic acids is 1. The maximum Gasteiger partial charge on any atom is 0.334 e. The highest BCUT2D eigenvalue weighted by Crippen LogP contribution is 2.83. The zero-order valence-electron chi connectivity index (χ0n) is 21.3. The number of carbonyl (C=O) groups is 2. The predicted molar refractivity (Wildman–Crippen MR) is 127 cm³/mol. The maximum absolute atomic E-state index is 12.4. The number of epoxide rings is 3. The molecule has 1 N–H and O–H groups in total. The standard InChI is InChI=1S/C29H32O8/c1-14(2)27-22(36-27)23-29(37-23)26(3)9-8-17-18(13-33-24(17)32)19(26)11-20-28(29,35-20)25(27)34-12-16-6-4-15(5-7-16)10-21(30)31/h4-7,14,19-20,22-23,25H,8-13H2,1-3H3,(H,30,31)/t19-,20-,22-,23-,25+,26-,27-,28+,29+/m0/s1. The van der Waals surface area contributed by atoms with E-state index in [1.807, 2.05) is 24.3 Å². The van der Waals surface area contributed by atoms with Gasteiger partial charge >= 0.3 is 11.9 Å². The zero-order chi connectivity index (χ0) is 25.5. The summed E-state index contributed by atoms with van der Waals surface area (Å²) in [5.74, 6) is -0.569. The van der Waals surface area contributed by atoms with Gasteiger partial charge in [-0.05, 0) is 47.8 Å². The van der Waals surface area contributed by atoms with Gasteiger partial charge < -0.3 is 28.8 Å². The van der Waals surface area contributed by atoms with Crippen molar-refractivity contribution in [2.45, 2.75) is 94.3 Å². The Morgan fingerprint density at radius 3 is 2.62 bits per heavy atom. The number of cyclic esters (lactones) is 1. The minimum atomic E-state index is -0.842. The van der Waals surface area contributed by atoms with E-state index in [4.69, 9.17) is 28.8 Å². The van der Waals surface area contributed by atoms with Crippen molar-refractivity contribution in [1.29, 1.82) is 0 Å². The van der Waals surface area contributed by atoms with Crippen molar-refractivity contribution in [1.82, 2.24) is 0 Å². The molecule has 2 saturated carbocycles. The second-order valence-corrected chi connectivity index (χ2v) is 12.6. The van der Waals surface area contributed by atoms with Crippen molar-refractivity contribution in [2.75, 3.05) is 6.61 Å². The molecule has 7 aliphatic rings. The summed E-state index contributed by atoms with van der Waals surface area (Å²) >= 11 is 0. The maximum atomic E-state index is 12.4. The number of hydrogen-bond donors (Lipinski definition) is 1. The number of esters is 1. The van der Waals surface area contributed by atoms with Crippen LogP contribution < -0.4 is 0 Å². The molecule has 1 aromatic carbocycles. The fourth-order valence-electron chi connectivity index (χ4n) is 9.02. The molecule has 4 heterocycles. The molecule has 3 saturated heterocycles. The number of fused-ring (bicyclic) bond motifs is 4. The topological polar surface area (TPSA) is 110 Å². The molecule has 0 bridgehead atoms. The molecule has 4 aliphatic heterocycles. The van der Waals surface area contributed by atoms with Crippen LogP contribution >= 0.6 is 0 Å². The van der Waals surface area contributed by atoms with Crippen LogP contribution in [0.4, 0.5) is 0 Å². The Kier molecular flexibility index (Phi) is 4.19. The van der Waals surface area contributed by atoms with Crippen molar-refractivity contribution >= 4 is 11.9 Å². The molecule has 8 nitrogen and oxygen atoms in total. The van der Waals surface area contributed by atoms with E-state index >= 15 is 0 Å². The first kappa shape index (κ1) is 22.7. The van der Waals surface area contributed by atoms with Crippen molar-refractivity contribution in [3.8, 4) is 0 Å². The molecule has 8 heteroatoms. The molecule has 3 aliphatic carbocycles. The first-order valence-electron chi connectivity index (χ1n) is 13.5. The molecular formula is C29H32O8. The Bertz CT molecular complexity index is 1270. The molecule has 196 valence electrons. The van der Waals surface area contributed by atoms with Crippen LogP contribution in [0.5, 0.6) is 0 Å². The molecule has 8 rings (SSSR count). The Morgan fingerprint density at radius 2 is 1.89 bits per heavy atom. The van der Waals surface area contributed by atoms with E-state index in [0.717, 1.165) is 41.5 Å². The lowest BCUT2D eigenvalue weighted by Gasteiger charge is -2.54. The van der Waals surface area contributed by atoms with Crippen LogP contribution in [0, 0.1) is 17.3 Å². The number of benzene rings is 1. The lowest BCUT2D eigenvalue weighted by atomic mass is 9.46. The van der Waals surface area contributed by atoms with E-state index in [-0.39, 0.29) is 54.1 Å². The van der Waals surface area contributed by atoms with Gasteiger partial charge in [0.15, 0.2) is 5.60 Å². The van der Waals surface area contributed by atoms with Gasteiger partial charge in [0.25, 0.3) is 0 Å². The summed E-state index contributed by atoms with van der Waals surface area (Å²) in [4.78, 5) is 23.4. The number of hydrogen-bond acceptors (Lipinski definition) is 7. The zero-order valence-corrected chi connectivity index (χ0v) is 21.3. The van der Waals surface area contributed by atoms with E-state index in [9.17, 15) is 9.59 Å². The van der Waals surface area contributed by atoms with Crippen molar-refractivity contribution in [2.24, 2.45) is 17.3 Å². The van der Waals surface area contributed by atoms with Gasteiger partial charge in [-0.25, -0.2) is 4.79 Å². The van der Waals surface area contributed by atoms with Gasteiger partial charge in [-0.2, -0.15) is 0 Å². The molecule has 2 spiro atoms. The lowest BCUT2D eigenvalue weighted by molar-refractivity contribution is -0.137. The Labute approximate surface area is 215 Å². The first-order valence-corrected chi connectivity index (χ1v) is 13.5. The van der Waals surface area contributed by atoms with E-state index in [0.29, 0.717) is 13.2 Å². The summed E-state index contributed by atoms with van der Waals surface area (Å²) in [5.41, 5.74) is 2.09. The van der Waals surface area contributed by atoms with Gasteiger partial charge in [0, 0.05) is 11.0 Å². The minimum Gasteiger partial charge on any atom is -0.481 e. The lowest BCUT2D eigenvalue weighted by Crippen LogP contribution is -2.69. The smallest absolute Gasteiger partial charge is 0.334 e. The van der Waals surface area contributed by atoms with Gasteiger partial charge in [0.05, 0.1) is 19.1 Å². The van der Waals surface area contributed by atoms with E-state index in [2.05, 4.69) is 20.8 Å². The van der Waals surface area contributed by atoms with Crippen LogP contribution in [0.1, 0.15) is 51.2 Å². The monoisotopic (exact) mass is 508 g/mol. The number of carboxylic acids is 1.